The molecule has 0 bridgehead atoms. The van der Waals surface area contributed by atoms with Crippen LogP contribution in [0.15, 0.2) is 66.7 Å². The third kappa shape index (κ3) is 7.43. The number of aryl methyl sites for hydroxylation is 2. The summed E-state index contributed by atoms with van der Waals surface area (Å²) >= 11 is 6.29. The van der Waals surface area contributed by atoms with Gasteiger partial charge in [-0.15, -0.1) is 0 Å². The Hall–Kier alpha value is -3.35. The fourth-order valence-electron chi connectivity index (χ4n) is 5.65. The molecule has 212 valence electrons. The van der Waals surface area contributed by atoms with Gasteiger partial charge in [-0.05, 0) is 93.1 Å². The first kappa shape index (κ1) is 29.6. The summed E-state index contributed by atoms with van der Waals surface area (Å²) in [6, 6.07) is 22.4. The Morgan fingerprint density at radius 2 is 1.68 bits per heavy atom. The molecule has 0 aliphatic carbocycles. The average Bonchev–Trinajstić information content (AvgIpc) is 2.95. The van der Waals surface area contributed by atoms with Crippen LogP contribution < -0.4 is 10.2 Å². The molecule has 0 spiro atoms. The molecule has 3 aromatic rings. The number of carbonyl (C=O) groups excluding carboxylic acids is 2. The maximum absolute atomic E-state index is 12.8. The largest absolute Gasteiger partial charge is 0.465 e. The van der Waals surface area contributed by atoms with Crippen molar-refractivity contribution in [3.8, 4) is 0 Å². The van der Waals surface area contributed by atoms with Gasteiger partial charge in [0.1, 0.15) is 0 Å². The molecule has 1 unspecified atom stereocenters. The zero-order chi connectivity index (χ0) is 28.6. The lowest BCUT2D eigenvalue weighted by molar-refractivity contribution is 0.0600. The molecule has 1 saturated heterocycles. The summed E-state index contributed by atoms with van der Waals surface area (Å²) in [4.78, 5) is 29.7. The SMILES string of the molecule is COC(=O)c1ccc(N(Cc2cccc(Cl)c2)C2CCN(C(C)CCNC(=O)c3c(C)cccc3C)CC2)cc1. The second-order valence-electron chi connectivity index (χ2n) is 10.7. The van der Waals surface area contributed by atoms with Crippen LogP contribution in [0.5, 0.6) is 0 Å². The number of nitrogens with zero attached hydrogens (tertiary/aromatic N) is 2. The van der Waals surface area contributed by atoms with Crippen molar-refractivity contribution in [1.82, 2.24) is 10.2 Å². The van der Waals surface area contributed by atoms with Crippen molar-refractivity contribution in [1.29, 1.82) is 0 Å². The normalized spacial score (nSPS) is 14.9. The molecule has 6 nitrogen and oxygen atoms in total. The standard InChI is InChI=1S/C33H40ClN3O3/c1-23-7-5-8-24(2)31(23)32(38)35-18-15-25(3)36-19-16-30(17-20-36)37(22-26-9-6-10-28(34)21-26)29-13-11-27(12-14-29)33(39)40-4/h5-14,21,25,30H,15-20,22H2,1-4H3,(H,35,38). The number of rotatable bonds is 10. The van der Waals surface area contributed by atoms with Gasteiger partial charge < -0.3 is 19.9 Å². The predicted octanol–water partition coefficient (Wildman–Crippen LogP) is 6.42. The molecule has 7 heteroatoms. The number of nitrogens with one attached hydrogen (secondary N) is 1. The summed E-state index contributed by atoms with van der Waals surface area (Å²) in [6.07, 6.45) is 2.96. The highest BCUT2D eigenvalue weighted by Crippen LogP contribution is 2.28. The van der Waals surface area contributed by atoms with Gasteiger partial charge in [0.2, 0.25) is 0 Å². The Balaban J connectivity index is 1.36. The number of piperidine rings is 1. The second-order valence-corrected chi connectivity index (χ2v) is 11.2. The highest BCUT2D eigenvalue weighted by atomic mass is 35.5. The predicted molar refractivity (Wildman–Crippen MR) is 162 cm³/mol. The van der Waals surface area contributed by atoms with Gasteiger partial charge in [-0.3, -0.25) is 4.79 Å². The number of methoxy groups -OCH3 is 1. The van der Waals surface area contributed by atoms with E-state index in [1.165, 1.54) is 7.11 Å². The molecule has 1 amide bonds. The molecule has 0 radical (unpaired) electrons. The fraction of sp³-hybridized carbons (Fsp3) is 0.394. The molecule has 1 aliphatic heterocycles. The van der Waals surface area contributed by atoms with Crippen molar-refractivity contribution in [3.05, 3.63) is 99.6 Å². The zero-order valence-corrected chi connectivity index (χ0v) is 24.7. The Morgan fingerprint density at radius 1 is 1.02 bits per heavy atom. The van der Waals surface area contributed by atoms with Gasteiger partial charge in [-0.1, -0.05) is 41.9 Å². The number of benzene rings is 3. The minimum Gasteiger partial charge on any atom is -0.465 e. The van der Waals surface area contributed by atoms with Crippen molar-refractivity contribution < 1.29 is 14.3 Å². The zero-order valence-electron chi connectivity index (χ0n) is 24.0. The molecular formula is C33H40ClN3O3. The van der Waals surface area contributed by atoms with E-state index in [2.05, 4.69) is 28.1 Å². The van der Waals surface area contributed by atoms with Crippen LogP contribution >= 0.6 is 11.6 Å². The van der Waals surface area contributed by atoms with Gasteiger partial charge in [0.15, 0.2) is 0 Å². The van der Waals surface area contributed by atoms with Crippen LogP contribution in [-0.4, -0.2) is 55.6 Å². The quantitative estimate of drug-likeness (QED) is 0.289. The number of halogens is 1. The molecule has 0 aromatic heterocycles. The fourth-order valence-corrected chi connectivity index (χ4v) is 5.86. The minimum absolute atomic E-state index is 0.0105. The number of likely N-dealkylation sites (tertiary alicyclic amines) is 1. The first-order valence-corrected chi connectivity index (χ1v) is 14.4. The van der Waals surface area contributed by atoms with E-state index >= 15 is 0 Å². The summed E-state index contributed by atoms with van der Waals surface area (Å²) < 4.78 is 4.87. The van der Waals surface area contributed by atoms with Crippen LogP contribution in [0.25, 0.3) is 0 Å². The van der Waals surface area contributed by atoms with Crippen molar-refractivity contribution >= 4 is 29.2 Å². The summed E-state index contributed by atoms with van der Waals surface area (Å²) in [5.41, 5.74) is 5.58. The first-order chi connectivity index (χ1) is 19.3. The summed E-state index contributed by atoms with van der Waals surface area (Å²) in [5.74, 6) is -0.322. The van der Waals surface area contributed by atoms with E-state index in [-0.39, 0.29) is 11.9 Å². The van der Waals surface area contributed by atoms with Crippen LogP contribution in [0.1, 0.15) is 63.6 Å². The summed E-state index contributed by atoms with van der Waals surface area (Å²) in [6.45, 7) is 9.59. The van der Waals surface area contributed by atoms with Crippen molar-refractivity contribution in [2.75, 3.05) is 31.6 Å². The van der Waals surface area contributed by atoms with Crippen LogP contribution in [0, 0.1) is 13.8 Å². The van der Waals surface area contributed by atoms with E-state index < -0.39 is 0 Å². The number of hydrogen-bond donors (Lipinski definition) is 1. The topological polar surface area (TPSA) is 61.9 Å². The van der Waals surface area contributed by atoms with E-state index in [0.717, 1.165) is 71.9 Å². The summed E-state index contributed by atoms with van der Waals surface area (Å²) in [5, 5.41) is 3.86. The number of esters is 1. The highest BCUT2D eigenvalue weighted by molar-refractivity contribution is 6.30. The van der Waals surface area contributed by atoms with E-state index in [1.807, 2.05) is 74.5 Å². The lowest BCUT2D eigenvalue weighted by Crippen LogP contribution is -2.48. The molecule has 1 atom stereocenters. The molecule has 1 N–H and O–H groups in total. The van der Waals surface area contributed by atoms with Crippen LogP contribution in [-0.2, 0) is 11.3 Å². The second kappa shape index (κ2) is 13.8. The van der Waals surface area contributed by atoms with Gasteiger partial charge >= 0.3 is 5.97 Å². The Bertz CT molecular complexity index is 1280. The molecule has 4 rings (SSSR count). The third-order valence-corrected chi connectivity index (χ3v) is 8.22. The Morgan fingerprint density at radius 3 is 2.30 bits per heavy atom. The van der Waals surface area contributed by atoms with Crippen molar-refractivity contribution in [2.24, 2.45) is 0 Å². The maximum Gasteiger partial charge on any atom is 0.337 e. The number of ether oxygens (including phenoxy) is 1. The smallest absolute Gasteiger partial charge is 0.337 e. The monoisotopic (exact) mass is 561 g/mol. The van der Waals surface area contributed by atoms with Gasteiger partial charge in [0, 0.05) is 54.5 Å². The highest BCUT2D eigenvalue weighted by Gasteiger charge is 2.27. The third-order valence-electron chi connectivity index (χ3n) is 7.98. The van der Waals surface area contributed by atoms with E-state index in [1.54, 1.807) is 0 Å². The number of hydrogen-bond acceptors (Lipinski definition) is 5. The lowest BCUT2D eigenvalue weighted by Gasteiger charge is -2.42. The molecule has 3 aromatic carbocycles. The van der Waals surface area contributed by atoms with E-state index in [0.29, 0.717) is 24.2 Å². The average molecular weight is 562 g/mol. The minimum atomic E-state index is -0.333. The Labute approximate surface area is 243 Å². The maximum atomic E-state index is 12.8. The number of anilines is 1. The first-order valence-electron chi connectivity index (χ1n) is 14.0. The van der Waals surface area contributed by atoms with E-state index in [4.69, 9.17) is 16.3 Å². The Kier molecular flexibility index (Phi) is 10.2. The van der Waals surface area contributed by atoms with Gasteiger partial charge in [0.25, 0.3) is 5.91 Å². The van der Waals surface area contributed by atoms with Crippen molar-refractivity contribution in [2.45, 2.75) is 58.7 Å². The van der Waals surface area contributed by atoms with Gasteiger partial charge in [-0.25, -0.2) is 4.79 Å². The molecular weight excluding hydrogens is 522 g/mol. The van der Waals surface area contributed by atoms with Crippen molar-refractivity contribution in [3.63, 3.8) is 0 Å². The van der Waals surface area contributed by atoms with E-state index in [9.17, 15) is 9.59 Å². The lowest BCUT2D eigenvalue weighted by atomic mass is 9.99. The van der Waals surface area contributed by atoms with Crippen LogP contribution in [0.3, 0.4) is 0 Å². The van der Waals surface area contributed by atoms with Gasteiger partial charge in [-0.2, -0.15) is 0 Å². The summed E-state index contributed by atoms with van der Waals surface area (Å²) in [7, 11) is 1.40. The molecule has 40 heavy (non-hydrogen) atoms. The van der Waals surface area contributed by atoms with Gasteiger partial charge in [0.05, 0.1) is 12.7 Å². The number of amides is 1. The molecule has 1 fully saturated rings. The van der Waals surface area contributed by atoms with Crippen LogP contribution in [0.2, 0.25) is 5.02 Å². The molecule has 0 saturated carbocycles. The number of carbonyl (C=O) groups is 2. The molecule has 1 heterocycles. The van der Waals surface area contributed by atoms with Crippen LogP contribution in [0.4, 0.5) is 5.69 Å². The molecule has 1 aliphatic rings.